The first kappa shape index (κ1) is 20.3. The Morgan fingerprint density at radius 1 is 1.00 bits per heavy atom. The third-order valence-corrected chi connectivity index (χ3v) is 8.20. The van der Waals surface area contributed by atoms with Crippen LogP contribution in [0.2, 0.25) is 0 Å². The standard InChI is InChI=1S/C21H32N2O3S/c1-15-7-10-22(11-8-15)21(24)19-6-5-9-23(14-19)27(25,26)20-17(3)12-16(2)13-18(20)4/h12-13,15,19H,5-11,14H2,1-4H3/t19-/m0/s1. The molecule has 1 atom stereocenters. The molecule has 0 N–H and O–H groups in total. The van der Waals surface area contributed by atoms with Gasteiger partial charge in [-0.15, -0.1) is 0 Å². The number of carbonyl (C=O) groups excluding carboxylic acids is 1. The van der Waals surface area contributed by atoms with Crippen LogP contribution in [0.4, 0.5) is 0 Å². The van der Waals surface area contributed by atoms with E-state index in [1.807, 2.05) is 37.8 Å². The fraction of sp³-hybridized carbons (Fsp3) is 0.667. The average Bonchev–Trinajstić information content (AvgIpc) is 2.61. The summed E-state index contributed by atoms with van der Waals surface area (Å²) in [5.41, 5.74) is 2.63. The van der Waals surface area contributed by atoms with Gasteiger partial charge in [0.15, 0.2) is 0 Å². The molecule has 1 aromatic carbocycles. The molecule has 2 fully saturated rings. The van der Waals surface area contributed by atoms with Gasteiger partial charge in [-0.1, -0.05) is 24.6 Å². The summed E-state index contributed by atoms with van der Waals surface area (Å²) in [6, 6.07) is 3.84. The molecule has 0 aliphatic carbocycles. The highest BCUT2D eigenvalue weighted by atomic mass is 32.2. The van der Waals surface area contributed by atoms with E-state index in [1.54, 1.807) is 0 Å². The van der Waals surface area contributed by atoms with Crippen molar-refractivity contribution in [1.29, 1.82) is 0 Å². The Hall–Kier alpha value is -1.40. The van der Waals surface area contributed by atoms with E-state index in [4.69, 9.17) is 0 Å². The van der Waals surface area contributed by atoms with Crippen LogP contribution in [-0.4, -0.2) is 49.7 Å². The minimum Gasteiger partial charge on any atom is -0.342 e. The summed E-state index contributed by atoms with van der Waals surface area (Å²) in [6.45, 7) is 10.3. The van der Waals surface area contributed by atoms with E-state index < -0.39 is 10.0 Å². The van der Waals surface area contributed by atoms with Crippen LogP contribution in [0.15, 0.2) is 17.0 Å². The van der Waals surface area contributed by atoms with Crippen molar-refractivity contribution in [2.75, 3.05) is 26.2 Å². The number of piperidine rings is 2. The van der Waals surface area contributed by atoms with Gasteiger partial charge in [0.1, 0.15) is 0 Å². The Morgan fingerprint density at radius 2 is 1.59 bits per heavy atom. The molecular formula is C21H32N2O3S. The number of nitrogens with zero attached hydrogens (tertiary/aromatic N) is 2. The van der Waals surface area contributed by atoms with Crippen molar-refractivity contribution in [3.8, 4) is 0 Å². The molecule has 0 spiro atoms. The normalized spacial score (nSPS) is 22.8. The molecule has 0 aromatic heterocycles. The summed E-state index contributed by atoms with van der Waals surface area (Å²) in [5, 5.41) is 0. The van der Waals surface area contributed by atoms with Crippen LogP contribution >= 0.6 is 0 Å². The van der Waals surface area contributed by atoms with Crippen molar-refractivity contribution in [2.24, 2.45) is 11.8 Å². The Morgan fingerprint density at radius 3 is 2.19 bits per heavy atom. The molecule has 2 aliphatic heterocycles. The molecule has 3 rings (SSSR count). The first-order chi connectivity index (χ1) is 12.7. The summed E-state index contributed by atoms with van der Waals surface area (Å²) < 4.78 is 28.2. The van der Waals surface area contributed by atoms with Gasteiger partial charge in [0.05, 0.1) is 10.8 Å². The van der Waals surface area contributed by atoms with Gasteiger partial charge in [0, 0.05) is 26.2 Å². The number of rotatable bonds is 3. The molecule has 0 radical (unpaired) electrons. The zero-order valence-corrected chi connectivity index (χ0v) is 17.8. The van der Waals surface area contributed by atoms with E-state index in [9.17, 15) is 13.2 Å². The van der Waals surface area contributed by atoms with Gasteiger partial charge < -0.3 is 4.90 Å². The number of sulfonamides is 1. The molecule has 1 aromatic rings. The maximum atomic E-state index is 13.3. The van der Waals surface area contributed by atoms with Gasteiger partial charge in [-0.3, -0.25) is 4.79 Å². The monoisotopic (exact) mass is 392 g/mol. The smallest absolute Gasteiger partial charge is 0.243 e. The Kier molecular flexibility index (Phi) is 5.96. The van der Waals surface area contributed by atoms with Crippen LogP contribution in [0.1, 0.15) is 49.3 Å². The second kappa shape index (κ2) is 7.92. The van der Waals surface area contributed by atoms with E-state index in [-0.39, 0.29) is 11.8 Å². The number of likely N-dealkylation sites (tertiary alicyclic amines) is 1. The maximum Gasteiger partial charge on any atom is 0.243 e. The molecular weight excluding hydrogens is 360 g/mol. The fourth-order valence-corrected chi connectivity index (χ4v) is 6.49. The Bertz CT molecular complexity index is 788. The molecule has 0 bridgehead atoms. The summed E-state index contributed by atoms with van der Waals surface area (Å²) in [4.78, 5) is 15.3. The number of benzene rings is 1. The van der Waals surface area contributed by atoms with E-state index in [0.29, 0.717) is 23.9 Å². The third kappa shape index (κ3) is 4.21. The molecule has 5 nitrogen and oxygen atoms in total. The van der Waals surface area contributed by atoms with Crippen molar-refractivity contribution in [3.63, 3.8) is 0 Å². The third-order valence-electron chi connectivity index (χ3n) is 6.03. The predicted octanol–water partition coefficient (Wildman–Crippen LogP) is 3.27. The van der Waals surface area contributed by atoms with Crippen molar-refractivity contribution in [2.45, 2.75) is 58.3 Å². The van der Waals surface area contributed by atoms with Crippen molar-refractivity contribution in [3.05, 3.63) is 28.8 Å². The topological polar surface area (TPSA) is 57.7 Å². The molecule has 1 amide bonds. The minimum atomic E-state index is -3.58. The summed E-state index contributed by atoms with van der Waals surface area (Å²) >= 11 is 0. The summed E-state index contributed by atoms with van der Waals surface area (Å²) in [5.74, 6) is 0.594. The SMILES string of the molecule is Cc1cc(C)c(S(=O)(=O)N2CCC[C@H](C(=O)N3CCC(C)CC3)C2)c(C)c1. The van der Waals surface area contributed by atoms with Crippen LogP contribution in [0, 0.1) is 32.6 Å². The van der Waals surface area contributed by atoms with Crippen molar-refractivity contribution < 1.29 is 13.2 Å². The zero-order chi connectivity index (χ0) is 19.8. The van der Waals surface area contributed by atoms with Crippen LogP contribution in [-0.2, 0) is 14.8 Å². The first-order valence-electron chi connectivity index (χ1n) is 10.1. The van der Waals surface area contributed by atoms with Gasteiger partial charge in [0.25, 0.3) is 0 Å². The van der Waals surface area contributed by atoms with E-state index in [2.05, 4.69) is 6.92 Å². The highest BCUT2D eigenvalue weighted by Crippen LogP contribution is 2.30. The van der Waals surface area contributed by atoms with Crippen LogP contribution < -0.4 is 0 Å². The highest BCUT2D eigenvalue weighted by molar-refractivity contribution is 7.89. The van der Waals surface area contributed by atoms with Gasteiger partial charge >= 0.3 is 0 Å². The highest BCUT2D eigenvalue weighted by Gasteiger charge is 2.36. The lowest BCUT2D eigenvalue weighted by Gasteiger charge is -2.37. The zero-order valence-electron chi connectivity index (χ0n) is 17.0. The molecule has 150 valence electrons. The molecule has 0 saturated carbocycles. The number of hydrogen-bond acceptors (Lipinski definition) is 3. The van der Waals surface area contributed by atoms with E-state index in [1.165, 1.54) is 4.31 Å². The average molecular weight is 393 g/mol. The fourth-order valence-electron chi connectivity index (χ4n) is 4.55. The van der Waals surface area contributed by atoms with Crippen molar-refractivity contribution >= 4 is 15.9 Å². The minimum absolute atomic E-state index is 0.138. The summed E-state index contributed by atoms with van der Waals surface area (Å²) in [6.07, 6.45) is 3.61. The molecule has 0 unspecified atom stereocenters. The number of aryl methyl sites for hydroxylation is 3. The maximum absolute atomic E-state index is 13.3. The van der Waals surface area contributed by atoms with Crippen LogP contribution in [0.25, 0.3) is 0 Å². The largest absolute Gasteiger partial charge is 0.342 e. The molecule has 2 heterocycles. The first-order valence-corrected chi connectivity index (χ1v) is 11.5. The lowest BCUT2D eigenvalue weighted by molar-refractivity contribution is -0.138. The second-order valence-electron chi connectivity index (χ2n) is 8.44. The second-order valence-corrected chi connectivity index (χ2v) is 10.3. The Balaban J connectivity index is 1.78. The molecule has 6 heteroatoms. The van der Waals surface area contributed by atoms with Crippen LogP contribution in [0.3, 0.4) is 0 Å². The van der Waals surface area contributed by atoms with Gasteiger partial charge in [0.2, 0.25) is 15.9 Å². The predicted molar refractivity (Wildman–Crippen MR) is 107 cm³/mol. The quantitative estimate of drug-likeness (QED) is 0.793. The Labute approximate surface area is 163 Å². The molecule has 27 heavy (non-hydrogen) atoms. The number of carbonyl (C=O) groups is 1. The summed E-state index contributed by atoms with van der Waals surface area (Å²) in [7, 11) is -3.58. The van der Waals surface area contributed by atoms with E-state index in [0.717, 1.165) is 55.5 Å². The van der Waals surface area contributed by atoms with Crippen LogP contribution in [0.5, 0.6) is 0 Å². The van der Waals surface area contributed by atoms with Crippen molar-refractivity contribution in [1.82, 2.24) is 9.21 Å². The lowest BCUT2D eigenvalue weighted by Crippen LogP contribution is -2.48. The molecule has 2 saturated heterocycles. The number of hydrogen-bond donors (Lipinski definition) is 0. The van der Waals surface area contributed by atoms with Gasteiger partial charge in [-0.25, -0.2) is 8.42 Å². The number of amides is 1. The van der Waals surface area contributed by atoms with Gasteiger partial charge in [-0.05, 0) is 63.5 Å². The molecule has 2 aliphatic rings. The lowest BCUT2D eigenvalue weighted by atomic mass is 9.94. The van der Waals surface area contributed by atoms with E-state index >= 15 is 0 Å². The van der Waals surface area contributed by atoms with Gasteiger partial charge in [-0.2, -0.15) is 4.31 Å².